The zero-order chi connectivity index (χ0) is 24.1. The van der Waals surface area contributed by atoms with Gasteiger partial charge in [-0.15, -0.1) is 0 Å². The summed E-state index contributed by atoms with van der Waals surface area (Å²) in [4.78, 5) is 13.3. The predicted molar refractivity (Wildman–Crippen MR) is 129 cm³/mol. The van der Waals surface area contributed by atoms with Crippen molar-refractivity contribution in [1.82, 2.24) is 5.32 Å². The Morgan fingerprint density at radius 3 is 2.32 bits per heavy atom. The summed E-state index contributed by atoms with van der Waals surface area (Å²) in [5, 5.41) is 2.97. The topological polar surface area (TPSA) is 97.6 Å². The fourth-order valence-electron chi connectivity index (χ4n) is 3.51. The summed E-state index contributed by atoms with van der Waals surface area (Å²) < 4.78 is 39.1. The first kappa shape index (κ1) is 23.1. The number of carbonyl (C=O) groups excluding carboxylic acids is 1. The van der Waals surface area contributed by atoms with Gasteiger partial charge in [-0.05, 0) is 66.6 Å². The van der Waals surface area contributed by atoms with E-state index in [4.69, 9.17) is 9.15 Å². The average molecular weight is 477 g/mol. The van der Waals surface area contributed by atoms with Gasteiger partial charge < -0.3 is 14.5 Å². The third-order valence-corrected chi connectivity index (χ3v) is 6.72. The number of sulfonamides is 1. The second kappa shape index (κ2) is 9.84. The van der Waals surface area contributed by atoms with Gasteiger partial charge in [0.2, 0.25) is 0 Å². The third kappa shape index (κ3) is 5.13. The van der Waals surface area contributed by atoms with Gasteiger partial charge in [0.05, 0.1) is 18.3 Å². The molecule has 0 aliphatic carbocycles. The molecular formula is C26H24N2O5S. The van der Waals surface area contributed by atoms with Gasteiger partial charge in [-0.3, -0.25) is 9.52 Å². The second-order valence-corrected chi connectivity index (χ2v) is 9.33. The summed E-state index contributed by atoms with van der Waals surface area (Å²) >= 11 is 0. The molecule has 0 fully saturated rings. The van der Waals surface area contributed by atoms with Gasteiger partial charge in [-0.2, -0.15) is 0 Å². The monoisotopic (exact) mass is 476 g/mol. The largest absolute Gasteiger partial charge is 0.497 e. The molecule has 174 valence electrons. The Labute approximate surface area is 198 Å². The molecule has 1 aromatic heterocycles. The minimum Gasteiger partial charge on any atom is -0.497 e. The molecule has 8 heteroatoms. The summed E-state index contributed by atoms with van der Waals surface area (Å²) in [6.45, 7) is 1.76. The Hall–Kier alpha value is -4.04. The zero-order valence-electron chi connectivity index (χ0n) is 18.7. The first-order valence-corrected chi connectivity index (χ1v) is 12.0. The quantitative estimate of drug-likeness (QED) is 0.376. The van der Waals surface area contributed by atoms with Gasteiger partial charge in [-0.25, -0.2) is 8.42 Å². The van der Waals surface area contributed by atoms with Gasteiger partial charge in [-0.1, -0.05) is 36.4 Å². The number of aryl methyl sites for hydroxylation is 1. The molecule has 34 heavy (non-hydrogen) atoms. The number of anilines is 1. The first-order chi connectivity index (χ1) is 16.4. The predicted octanol–water partition coefficient (Wildman–Crippen LogP) is 4.92. The fraction of sp³-hybridized carbons (Fsp3) is 0.115. The van der Waals surface area contributed by atoms with E-state index in [-0.39, 0.29) is 10.5 Å². The zero-order valence-corrected chi connectivity index (χ0v) is 19.5. The fourth-order valence-corrected chi connectivity index (χ4v) is 4.60. The number of rotatable bonds is 8. The summed E-state index contributed by atoms with van der Waals surface area (Å²) in [6, 6.07) is 23.4. The Morgan fingerprint density at radius 1 is 0.941 bits per heavy atom. The molecule has 1 heterocycles. The number of hydrogen-bond acceptors (Lipinski definition) is 5. The van der Waals surface area contributed by atoms with Crippen LogP contribution in [0.1, 0.15) is 33.3 Å². The molecule has 0 aliphatic heterocycles. The van der Waals surface area contributed by atoms with Crippen LogP contribution in [0.25, 0.3) is 0 Å². The van der Waals surface area contributed by atoms with Crippen molar-refractivity contribution < 1.29 is 22.4 Å². The van der Waals surface area contributed by atoms with E-state index < -0.39 is 22.0 Å². The third-order valence-electron chi connectivity index (χ3n) is 5.34. The molecule has 2 N–H and O–H groups in total. The van der Waals surface area contributed by atoms with E-state index in [9.17, 15) is 13.2 Å². The molecule has 7 nitrogen and oxygen atoms in total. The number of nitrogens with one attached hydrogen (secondary N) is 2. The highest BCUT2D eigenvalue weighted by Crippen LogP contribution is 2.25. The van der Waals surface area contributed by atoms with E-state index in [2.05, 4.69) is 10.0 Å². The SMILES string of the molecule is COc1ccc(NS(=O)(=O)c2ccc(C)c(C(=O)NC(c3ccccc3)c3ccco3)c2)cc1. The van der Waals surface area contributed by atoms with Crippen molar-refractivity contribution in [2.24, 2.45) is 0 Å². The Morgan fingerprint density at radius 2 is 1.68 bits per heavy atom. The van der Waals surface area contributed by atoms with Crippen molar-refractivity contribution in [3.8, 4) is 5.75 Å². The smallest absolute Gasteiger partial charge is 0.261 e. The van der Waals surface area contributed by atoms with E-state index in [0.717, 1.165) is 5.56 Å². The van der Waals surface area contributed by atoms with Crippen LogP contribution in [0.2, 0.25) is 0 Å². The van der Waals surface area contributed by atoms with Gasteiger partial charge >= 0.3 is 0 Å². The van der Waals surface area contributed by atoms with Gasteiger partial charge in [0.1, 0.15) is 17.6 Å². The van der Waals surface area contributed by atoms with Crippen LogP contribution >= 0.6 is 0 Å². The van der Waals surface area contributed by atoms with E-state index in [1.165, 1.54) is 19.2 Å². The molecule has 1 atom stereocenters. The Kier molecular flexibility index (Phi) is 6.70. The van der Waals surface area contributed by atoms with E-state index >= 15 is 0 Å². The van der Waals surface area contributed by atoms with E-state index in [0.29, 0.717) is 22.8 Å². The number of benzene rings is 3. The number of furan rings is 1. The summed E-state index contributed by atoms with van der Waals surface area (Å²) in [5.41, 5.74) is 2.12. The lowest BCUT2D eigenvalue weighted by molar-refractivity contribution is 0.0938. The molecule has 0 spiro atoms. The van der Waals surface area contributed by atoms with Crippen molar-refractivity contribution >= 4 is 21.6 Å². The van der Waals surface area contributed by atoms with Crippen LogP contribution < -0.4 is 14.8 Å². The molecule has 3 aromatic carbocycles. The molecule has 1 unspecified atom stereocenters. The van der Waals surface area contributed by atoms with E-state index in [1.807, 2.05) is 30.3 Å². The van der Waals surface area contributed by atoms with Crippen LogP contribution in [0.3, 0.4) is 0 Å². The van der Waals surface area contributed by atoms with Crippen LogP contribution in [0.4, 0.5) is 5.69 Å². The number of hydrogen-bond donors (Lipinski definition) is 2. The van der Waals surface area contributed by atoms with Crippen LogP contribution in [-0.4, -0.2) is 21.4 Å². The molecule has 0 bridgehead atoms. The lowest BCUT2D eigenvalue weighted by Crippen LogP contribution is -2.30. The van der Waals surface area contributed by atoms with Crippen LogP contribution in [0, 0.1) is 6.92 Å². The lowest BCUT2D eigenvalue weighted by atomic mass is 10.0. The summed E-state index contributed by atoms with van der Waals surface area (Å²) in [5.74, 6) is 0.771. The highest BCUT2D eigenvalue weighted by Gasteiger charge is 2.23. The minimum absolute atomic E-state index is 0.0201. The lowest BCUT2D eigenvalue weighted by Gasteiger charge is -2.18. The Balaban J connectivity index is 1.61. The molecule has 0 saturated carbocycles. The molecule has 0 radical (unpaired) electrons. The van der Waals surface area contributed by atoms with Crippen LogP contribution in [0.5, 0.6) is 5.75 Å². The molecule has 1 amide bonds. The Bertz CT molecular complexity index is 1370. The number of methoxy groups -OCH3 is 1. The van der Waals surface area contributed by atoms with Crippen molar-refractivity contribution in [3.05, 3.63) is 114 Å². The second-order valence-electron chi connectivity index (χ2n) is 7.64. The highest BCUT2D eigenvalue weighted by molar-refractivity contribution is 7.92. The maximum Gasteiger partial charge on any atom is 0.261 e. The standard InChI is InChI=1S/C26H24N2O5S/c1-18-10-15-22(34(30,31)28-20-11-13-21(32-2)14-12-20)17-23(18)26(29)27-25(24-9-6-16-33-24)19-7-4-3-5-8-19/h3-17,25,28H,1-2H3,(H,27,29). The van der Waals surface area contributed by atoms with Crippen molar-refractivity contribution in [2.75, 3.05) is 11.8 Å². The summed E-state index contributed by atoms with van der Waals surface area (Å²) in [6.07, 6.45) is 1.54. The van der Waals surface area contributed by atoms with Crippen molar-refractivity contribution in [2.45, 2.75) is 17.9 Å². The molecular weight excluding hydrogens is 452 g/mol. The maximum absolute atomic E-state index is 13.3. The van der Waals surface area contributed by atoms with E-state index in [1.54, 1.807) is 55.7 Å². The maximum atomic E-state index is 13.3. The molecule has 0 aliphatic rings. The van der Waals surface area contributed by atoms with Gasteiger partial charge in [0.15, 0.2) is 0 Å². The van der Waals surface area contributed by atoms with Crippen LogP contribution in [-0.2, 0) is 10.0 Å². The minimum atomic E-state index is -3.92. The number of ether oxygens (including phenoxy) is 1. The summed E-state index contributed by atoms with van der Waals surface area (Å²) in [7, 11) is -2.38. The average Bonchev–Trinajstić information content (AvgIpc) is 3.38. The van der Waals surface area contributed by atoms with Crippen LogP contribution in [0.15, 0.2) is 101 Å². The normalized spacial score (nSPS) is 12.1. The number of carbonyl (C=O) groups is 1. The molecule has 0 saturated heterocycles. The first-order valence-electron chi connectivity index (χ1n) is 10.5. The van der Waals surface area contributed by atoms with Gasteiger partial charge in [0.25, 0.3) is 15.9 Å². The van der Waals surface area contributed by atoms with Crippen molar-refractivity contribution in [3.63, 3.8) is 0 Å². The highest BCUT2D eigenvalue weighted by atomic mass is 32.2. The number of amides is 1. The molecule has 4 rings (SSSR count). The van der Waals surface area contributed by atoms with Gasteiger partial charge in [0, 0.05) is 11.3 Å². The van der Waals surface area contributed by atoms with Crippen molar-refractivity contribution in [1.29, 1.82) is 0 Å². The molecule has 4 aromatic rings.